The molecule has 0 fully saturated rings. The average molecular weight is 288 g/mol. The van der Waals surface area contributed by atoms with E-state index in [1.807, 2.05) is 13.8 Å². The Morgan fingerprint density at radius 3 is 2.42 bits per heavy atom. The second kappa shape index (κ2) is 5.73. The highest BCUT2D eigenvalue weighted by Crippen LogP contribution is 2.24. The van der Waals surface area contributed by atoms with E-state index in [9.17, 15) is 13.2 Å². The smallest absolute Gasteiger partial charge is 0.236 e. The van der Waals surface area contributed by atoms with Crippen molar-refractivity contribution in [3.63, 3.8) is 0 Å². The van der Waals surface area contributed by atoms with Gasteiger partial charge in [-0.3, -0.25) is 4.79 Å². The lowest BCUT2D eigenvalue weighted by atomic mass is 9.99. The molecule has 1 aromatic heterocycles. The fourth-order valence-corrected chi connectivity index (χ4v) is 2.50. The summed E-state index contributed by atoms with van der Waals surface area (Å²) in [6.07, 6.45) is 0.0859. The zero-order valence-corrected chi connectivity index (χ0v) is 12.7. The summed E-state index contributed by atoms with van der Waals surface area (Å²) in [5, 5.41) is 3.91. The summed E-state index contributed by atoms with van der Waals surface area (Å²) in [5.74, 6) is 0.00354. The first-order valence-electron chi connectivity index (χ1n) is 6.12. The van der Waals surface area contributed by atoms with Crippen molar-refractivity contribution < 1.29 is 17.7 Å². The zero-order chi connectivity index (χ0) is 14.8. The molecule has 0 aliphatic heterocycles. The number of aromatic nitrogens is 1. The van der Waals surface area contributed by atoms with Gasteiger partial charge in [0.2, 0.25) is 15.9 Å². The maximum Gasteiger partial charge on any atom is 0.236 e. The SMILES string of the molecule is CCS(=O)(=O)N(C)C(=O)CC(C)c1noc(C)c1C. The van der Waals surface area contributed by atoms with E-state index in [1.165, 1.54) is 14.0 Å². The molecule has 0 N–H and O–H groups in total. The summed E-state index contributed by atoms with van der Waals surface area (Å²) in [7, 11) is -2.20. The van der Waals surface area contributed by atoms with Gasteiger partial charge >= 0.3 is 0 Å². The second-order valence-corrected chi connectivity index (χ2v) is 6.90. The summed E-state index contributed by atoms with van der Waals surface area (Å²) in [6, 6.07) is 0. The van der Waals surface area contributed by atoms with Crippen LogP contribution in [0.25, 0.3) is 0 Å². The number of amides is 1. The molecule has 6 nitrogen and oxygen atoms in total. The molecule has 7 heteroatoms. The Labute approximate surface area is 113 Å². The monoisotopic (exact) mass is 288 g/mol. The van der Waals surface area contributed by atoms with Crippen LogP contribution in [0.1, 0.15) is 43.2 Å². The van der Waals surface area contributed by atoms with E-state index < -0.39 is 15.9 Å². The lowest BCUT2D eigenvalue weighted by molar-refractivity contribution is -0.125. The Kier molecular flexibility index (Phi) is 4.73. The second-order valence-electron chi connectivity index (χ2n) is 4.62. The van der Waals surface area contributed by atoms with Crippen LogP contribution in [0.4, 0.5) is 0 Å². The van der Waals surface area contributed by atoms with E-state index in [4.69, 9.17) is 4.52 Å². The van der Waals surface area contributed by atoms with Crippen LogP contribution in [-0.4, -0.2) is 36.6 Å². The van der Waals surface area contributed by atoms with Crippen LogP contribution < -0.4 is 0 Å². The number of hydrogen-bond donors (Lipinski definition) is 0. The highest BCUT2D eigenvalue weighted by atomic mass is 32.2. The molecule has 0 spiro atoms. The normalized spacial score (nSPS) is 13.3. The number of sulfonamides is 1. The number of hydrogen-bond acceptors (Lipinski definition) is 5. The van der Waals surface area contributed by atoms with Crippen molar-refractivity contribution in [3.8, 4) is 0 Å². The Morgan fingerprint density at radius 2 is 2.00 bits per heavy atom. The molecule has 19 heavy (non-hydrogen) atoms. The van der Waals surface area contributed by atoms with E-state index in [1.54, 1.807) is 6.92 Å². The molecule has 0 bridgehead atoms. The third-order valence-electron chi connectivity index (χ3n) is 3.27. The van der Waals surface area contributed by atoms with Gasteiger partial charge < -0.3 is 4.52 Å². The van der Waals surface area contributed by atoms with E-state index in [-0.39, 0.29) is 18.1 Å². The molecule has 0 radical (unpaired) electrons. The van der Waals surface area contributed by atoms with Gasteiger partial charge in [0.15, 0.2) is 0 Å². The molecule has 1 rings (SSSR count). The molecule has 1 unspecified atom stereocenters. The van der Waals surface area contributed by atoms with Gasteiger partial charge in [-0.15, -0.1) is 0 Å². The van der Waals surface area contributed by atoms with Crippen molar-refractivity contribution in [2.45, 2.75) is 40.0 Å². The van der Waals surface area contributed by atoms with Crippen molar-refractivity contribution in [3.05, 3.63) is 17.0 Å². The fourth-order valence-electron chi connectivity index (χ4n) is 1.73. The highest BCUT2D eigenvalue weighted by molar-refractivity contribution is 7.89. The molecular weight excluding hydrogens is 268 g/mol. The number of nitrogens with zero attached hydrogens (tertiary/aromatic N) is 2. The van der Waals surface area contributed by atoms with Crippen LogP contribution >= 0.6 is 0 Å². The average Bonchev–Trinajstić information content (AvgIpc) is 2.68. The molecule has 1 amide bonds. The predicted molar refractivity (Wildman–Crippen MR) is 71.2 cm³/mol. The van der Waals surface area contributed by atoms with Gasteiger partial charge in [0.05, 0.1) is 11.4 Å². The van der Waals surface area contributed by atoms with Crippen LogP contribution in [-0.2, 0) is 14.8 Å². The number of carbonyl (C=O) groups is 1. The predicted octanol–water partition coefficient (Wildman–Crippen LogP) is 1.59. The molecule has 1 heterocycles. The molecule has 108 valence electrons. The van der Waals surface area contributed by atoms with Gasteiger partial charge in [0.1, 0.15) is 5.76 Å². The van der Waals surface area contributed by atoms with E-state index in [0.29, 0.717) is 11.5 Å². The summed E-state index contributed by atoms with van der Waals surface area (Å²) in [5.41, 5.74) is 1.61. The highest BCUT2D eigenvalue weighted by Gasteiger charge is 2.25. The summed E-state index contributed by atoms with van der Waals surface area (Å²) < 4.78 is 29.1. The van der Waals surface area contributed by atoms with Crippen LogP contribution in [0.3, 0.4) is 0 Å². The van der Waals surface area contributed by atoms with Crippen molar-refractivity contribution in [1.82, 2.24) is 9.46 Å². The Balaban J connectivity index is 2.81. The number of aryl methyl sites for hydroxylation is 1. The lowest BCUT2D eigenvalue weighted by Crippen LogP contribution is -2.34. The number of rotatable bonds is 5. The van der Waals surface area contributed by atoms with Gasteiger partial charge in [-0.2, -0.15) is 0 Å². The molecule has 0 saturated heterocycles. The molecule has 0 saturated carbocycles. The largest absolute Gasteiger partial charge is 0.361 e. The summed E-state index contributed by atoms with van der Waals surface area (Å²) >= 11 is 0. The molecule has 1 aromatic rings. The topological polar surface area (TPSA) is 80.5 Å². The number of carbonyl (C=O) groups excluding carboxylic acids is 1. The third kappa shape index (κ3) is 3.34. The molecular formula is C12H20N2O4S. The first kappa shape index (κ1) is 15.7. The van der Waals surface area contributed by atoms with Gasteiger partial charge in [-0.1, -0.05) is 12.1 Å². The van der Waals surface area contributed by atoms with Gasteiger partial charge in [0, 0.05) is 24.9 Å². The third-order valence-corrected chi connectivity index (χ3v) is 5.04. The van der Waals surface area contributed by atoms with Crippen molar-refractivity contribution in [1.29, 1.82) is 0 Å². The van der Waals surface area contributed by atoms with Gasteiger partial charge in [-0.05, 0) is 20.8 Å². The van der Waals surface area contributed by atoms with Crippen molar-refractivity contribution in [2.24, 2.45) is 0 Å². The molecule has 1 atom stereocenters. The van der Waals surface area contributed by atoms with E-state index in [2.05, 4.69) is 5.16 Å². The van der Waals surface area contributed by atoms with Gasteiger partial charge in [-0.25, -0.2) is 12.7 Å². The quantitative estimate of drug-likeness (QED) is 0.822. The minimum Gasteiger partial charge on any atom is -0.361 e. The zero-order valence-electron chi connectivity index (χ0n) is 11.9. The molecule has 0 aromatic carbocycles. The fraction of sp³-hybridized carbons (Fsp3) is 0.667. The minimum absolute atomic E-state index is 0.0859. The van der Waals surface area contributed by atoms with E-state index in [0.717, 1.165) is 9.87 Å². The first-order valence-corrected chi connectivity index (χ1v) is 7.73. The van der Waals surface area contributed by atoms with Crippen LogP contribution in [0.15, 0.2) is 4.52 Å². The van der Waals surface area contributed by atoms with Crippen molar-refractivity contribution in [2.75, 3.05) is 12.8 Å². The molecule has 0 aliphatic carbocycles. The maximum absolute atomic E-state index is 11.9. The van der Waals surface area contributed by atoms with Crippen molar-refractivity contribution >= 4 is 15.9 Å². The van der Waals surface area contributed by atoms with Crippen LogP contribution in [0.2, 0.25) is 0 Å². The standard InChI is InChI=1S/C12H20N2O4S/c1-6-19(16,17)14(5)11(15)7-8(2)12-9(3)10(4)18-13-12/h8H,6-7H2,1-5H3. The summed E-state index contributed by atoms with van der Waals surface area (Å²) in [6.45, 7) is 7.00. The summed E-state index contributed by atoms with van der Waals surface area (Å²) in [4.78, 5) is 11.9. The van der Waals surface area contributed by atoms with Gasteiger partial charge in [0.25, 0.3) is 0 Å². The minimum atomic E-state index is -3.49. The Hall–Kier alpha value is -1.37. The first-order chi connectivity index (χ1) is 8.70. The maximum atomic E-state index is 11.9. The lowest BCUT2D eigenvalue weighted by Gasteiger charge is -2.18. The van der Waals surface area contributed by atoms with E-state index >= 15 is 0 Å². The van der Waals surface area contributed by atoms with Crippen LogP contribution in [0.5, 0.6) is 0 Å². The Bertz CT molecular complexity index is 562. The Morgan fingerprint density at radius 1 is 1.42 bits per heavy atom. The molecule has 0 aliphatic rings. The van der Waals surface area contributed by atoms with Crippen LogP contribution in [0, 0.1) is 13.8 Å².